The van der Waals surface area contributed by atoms with Crippen LogP contribution in [0.5, 0.6) is 5.75 Å². The molecular formula is C24H22ClN3O6S. The highest BCUT2D eigenvalue weighted by Gasteiger charge is 2.24. The molecule has 0 bridgehead atoms. The van der Waals surface area contributed by atoms with Gasteiger partial charge in [-0.15, -0.1) is 11.3 Å². The number of carboxylic acid groups (broad SMARTS) is 1. The fraction of sp³-hybridized carbons (Fsp3) is 0.167. The summed E-state index contributed by atoms with van der Waals surface area (Å²) < 4.78 is 0. The van der Waals surface area contributed by atoms with Crippen LogP contribution in [0, 0.1) is 6.92 Å². The van der Waals surface area contributed by atoms with E-state index in [0.29, 0.717) is 10.4 Å². The number of hydrogen-bond donors (Lipinski definition) is 5. The van der Waals surface area contributed by atoms with Crippen molar-refractivity contribution in [3.8, 4) is 5.75 Å². The molecule has 3 rings (SSSR count). The van der Waals surface area contributed by atoms with Crippen LogP contribution in [-0.4, -0.2) is 46.5 Å². The van der Waals surface area contributed by atoms with Crippen molar-refractivity contribution in [1.29, 1.82) is 0 Å². The molecule has 0 saturated heterocycles. The molecule has 1 atom stereocenters. The summed E-state index contributed by atoms with van der Waals surface area (Å²) in [6.07, 6.45) is 0. The summed E-state index contributed by atoms with van der Waals surface area (Å²) >= 11 is 7.42. The number of carbonyl (C=O) groups is 4. The zero-order valence-corrected chi connectivity index (χ0v) is 20.1. The molecule has 0 spiro atoms. The number of halogens is 1. The largest absolute Gasteiger partial charge is 0.508 e. The van der Waals surface area contributed by atoms with E-state index >= 15 is 0 Å². The van der Waals surface area contributed by atoms with Gasteiger partial charge in [-0.1, -0.05) is 23.7 Å². The van der Waals surface area contributed by atoms with E-state index in [9.17, 15) is 29.4 Å². The minimum absolute atomic E-state index is 0.0251. The number of thiophene rings is 1. The fourth-order valence-corrected chi connectivity index (χ4v) is 4.22. The molecular weight excluding hydrogens is 494 g/mol. The standard InChI is InChI=1S/C24H22ClN3O6S/c1-13-7-8-35-20(13)23(32)27-12-19(24(33)34)28-22(31)17-6-5-15(10-18(17)25)21(30)26-11-14-3-2-4-16(29)9-14/h2-10,19,29H,11-12H2,1H3,(H,26,30)(H,27,32)(H,28,31)(H,33,34)/t19-/m0/s1. The maximum atomic E-state index is 12.6. The molecule has 182 valence electrons. The lowest BCUT2D eigenvalue weighted by Gasteiger charge is -2.16. The third-order valence-electron chi connectivity index (χ3n) is 4.98. The maximum Gasteiger partial charge on any atom is 0.328 e. The first kappa shape index (κ1) is 25.7. The topological polar surface area (TPSA) is 145 Å². The number of nitrogens with one attached hydrogen (secondary N) is 3. The number of carbonyl (C=O) groups excluding carboxylic acids is 3. The monoisotopic (exact) mass is 515 g/mol. The smallest absolute Gasteiger partial charge is 0.328 e. The lowest BCUT2D eigenvalue weighted by Crippen LogP contribution is -2.48. The normalized spacial score (nSPS) is 11.4. The third-order valence-corrected chi connectivity index (χ3v) is 6.31. The van der Waals surface area contributed by atoms with Gasteiger partial charge in [0.15, 0.2) is 0 Å². The predicted molar refractivity (Wildman–Crippen MR) is 131 cm³/mol. The van der Waals surface area contributed by atoms with E-state index in [1.807, 2.05) is 0 Å². The SMILES string of the molecule is Cc1ccsc1C(=O)NC[C@H](NC(=O)c1ccc(C(=O)NCc2cccc(O)c2)cc1Cl)C(=O)O. The summed E-state index contributed by atoms with van der Waals surface area (Å²) in [4.78, 5) is 49.4. The Hall–Kier alpha value is -3.89. The number of aromatic hydroxyl groups is 1. The van der Waals surface area contributed by atoms with Gasteiger partial charge in [-0.25, -0.2) is 4.79 Å². The van der Waals surface area contributed by atoms with Gasteiger partial charge in [-0.3, -0.25) is 14.4 Å². The number of benzene rings is 2. The number of phenols is 1. The van der Waals surface area contributed by atoms with Gasteiger partial charge in [0.05, 0.1) is 15.5 Å². The molecule has 5 N–H and O–H groups in total. The molecule has 3 aromatic rings. The van der Waals surface area contributed by atoms with E-state index in [0.717, 1.165) is 5.56 Å². The van der Waals surface area contributed by atoms with Crippen LogP contribution in [0.15, 0.2) is 53.9 Å². The molecule has 0 unspecified atom stereocenters. The van der Waals surface area contributed by atoms with E-state index in [1.54, 1.807) is 30.5 Å². The molecule has 0 aliphatic rings. The molecule has 3 amide bonds. The lowest BCUT2D eigenvalue weighted by atomic mass is 10.1. The average Bonchev–Trinajstić information content (AvgIpc) is 3.25. The van der Waals surface area contributed by atoms with Crippen molar-refractivity contribution >= 4 is 46.6 Å². The maximum absolute atomic E-state index is 12.6. The molecule has 1 aromatic heterocycles. The van der Waals surface area contributed by atoms with Crippen molar-refractivity contribution in [2.24, 2.45) is 0 Å². The van der Waals surface area contributed by atoms with E-state index < -0.39 is 29.7 Å². The van der Waals surface area contributed by atoms with Crippen molar-refractivity contribution in [3.05, 3.63) is 86.1 Å². The summed E-state index contributed by atoms with van der Waals surface area (Å²) in [7, 11) is 0. The molecule has 0 saturated carbocycles. The van der Waals surface area contributed by atoms with Crippen LogP contribution in [0.2, 0.25) is 5.02 Å². The number of phenolic OH excluding ortho intramolecular Hbond substituents is 1. The summed E-state index contributed by atoms with van der Waals surface area (Å²) in [5.41, 5.74) is 1.63. The molecule has 9 nitrogen and oxygen atoms in total. The van der Waals surface area contributed by atoms with Crippen LogP contribution in [0.3, 0.4) is 0 Å². The number of aliphatic carboxylic acids is 1. The zero-order chi connectivity index (χ0) is 25.5. The van der Waals surface area contributed by atoms with Crippen LogP contribution in [0.25, 0.3) is 0 Å². The molecule has 0 radical (unpaired) electrons. The van der Waals surface area contributed by atoms with Gasteiger partial charge in [0, 0.05) is 18.7 Å². The van der Waals surface area contributed by atoms with Gasteiger partial charge in [0.1, 0.15) is 11.8 Å². The van der Waals surface area contributed by atoms with Gasteiger partial charge in [-0.2, -0.15) is 0 Å². The van der Waals surface area contributed by atoms with Crippen molar-refractivity contribution in [2.45, 2.75) is 19.5 Å². The first-order chi connectivity index (χ1) is 16.7. The fourth-order valence-electron chi connectivity index (χ4n) is 3.11. The minimum Gasteiger partial charge on any atom is -0.508 e. The number of hydrogen-bond acceptors (Lipinski definition) is 6. The van der Waals surface area contributed by atoms with Gasteiger partial charge < -0.3 is 26.2 Å². The van der Waals surface area contributed by atoms with Gasteiger partial charge in [0.25, 0.3) is 17.7 Å². The van der Waals surface area contributed by atoms with Crippen LogP contribution < -0.4 is 16.0 Å². The number of rotatable bonds is 9. The molecule has 11 heteroatoms. The number of carboxylic acids is 1. The van der Waals surface area contributed by atoms with Gasteiger partial charge >= 0.3 is 5.97 Å². The molecule has 2 aromatic carbocycles. The predicted octanol–water partition coefficient (Wildman–Crippen LogP) is 2.96. The second kappa shape index (κ2) is 11.5. The Bertz CT molecular complexity index is 1280. The Kier molecular flexibility index (Phi) is 8.45. The summed E-state index contributed by atoms with van der Waals surface area (Å²) in [6, 6.07) is 10.8. The Morgan fingerprint density at radius 3 is 2.40 bits per heavy atom. The first-order valence-corrected chi connectivity index (χ1v) is 11.6. The first-order valence-electron chi connectivity index (χ1n) is 10.4. The van der Waals surface area contributed by atoms with Crippen LogP contribution in [0.4, 0.5) is 0 Å². The van der Waals surface area contributed by atoms with Crippen LogP contribution in [-0.2, 0) is 11.3 Å². The van der Waals surface area contributed by atoms with E-state index in [-0.39, 0.29) is 35.0 Å². The summed E-state index contributed by atoms with van der Waals surface area (Å²) in [6.45, 7) is 1.61. The Morgan fingerprint density at radius 1 is 1.00 bits per heavy atom. The van der Waals surface area contributed by atoms with Gasteiger partial charge in [0.2, 0.25) is 0 Å². The Balaban J connectivity index is 1.61. The van der Waals surface area contributed by atoms with Gasteiger partial charge in [-0.05, 0) is 59.8 Å². The minimum atomic E-state index is -1.40. The van der Waals surface area contributed by atoms with Crippen molar-refractivity contribution < 1.29 is 29.4 Å². The quantitative estimate of drug-likeness (QED) is 0.296. The summed E-state index contributed by atoms with van der Waals surface area (Å²) in [5, 5.41) is 28.2. The molecule has 35 heavy (non-hydrogen) atoms. The second-order valence-corrected chi connectivity index (χ2v) is 8.88. The zero-order valence-electron chi connectivity index (χ0n) is 18.5. The highest BCUT2D eigenvalue weighted by Crippen LogP contribution is 2.19. The van der Waals surface area contributed by atoms with E-state index in [1.165, 1.54) is 41.7 Å². The molecule has 0 fully saturated rings. The lowest BCUT2D eigenvalue weighted by molar-refractivity contribution is -0.139. The molecule has 0 aliphatic heterocycles. The van der Waals surface area contributed by atoms with Crippen molar-refractivity contribution in [1.82, 2.24) is 16.0 Å². The number of amides is 3. The molecule has 1 heterocycles. The average molecular weight is 516 g/mol. The Labute approximate surface area is 209 Å². The van der Waals surface area contributed by atoms with Crippen molar-refractivity contribution in [2.75, 3.05) is 6.54 Å². The summed E-state index contributed by atoms with van der Waals surface area (Å²) in [5.74, 6) is -2.90. The third kappa shape index (κ3) is 6.81. The highest BCUT2D eigenvalue weighted by molar-refractivity contribution is 7.12. The van der Waals surface area contributed by atoms with Crippen LogP contribution >= 0.6 is 22.9 Å². The van der Waals surface area contributed by atoms with E-state index in [4.69, 9.17) is 11.6 Å². The molecule has 0 aliphatic carbocycles. The van der Waals surface area contributed by atoms with E-state index in [2.05, 4.69) is 16.0 Å². The number of aryl methyl sites for hydroxylation is 1. The highest BCUT2D eigenvalue weighted by atomic mass is 35.5. The second-order valence-electron chi connectivity index (χ2n) is 7.55. The van der Waals surface area contributed by atoms with Crippen molar-refractivity contribution in [3.63, 3.8) is 0 Å². The van der Waals surface area contributed by atoms with Crippen LogP contribution in [0.1, 0.15) is 41.5 Å². The Morgan fingerprint density at radius 2 is 1.77 bits per heavy atom.